The molecule has 1 unspecified atom stereocenters. The van der Waals surface area contributed by atoms with E-state index in [0.29, 0.717) is 0 Å². The fraction of sp³-hybridized carbons (Fsp3) is 0.929. The predicted molar refractivity (Wildman–Crippen MR) is 462 cm³/mol. The Labute approximate surface area is 845 Å². The maximum atomic E-state index is 14.0. The molecule has 12 rings (SSSR count). The van der Waals surface area contributed by atoms with Gasteiger partial charge in [-0.3, -0.25) is 28.8 Å². The van der Waals surface area contributed by atoms with Gasteiger partial charge in [0.05, 0.1) is 78.3 Å². The maximum Gasteiger partial charge on any atom is 0.217 e. The van der Waals surface area contributed by atoms with Crippen molar-refractivity contribution in [3.63, 3.8) is 0 Å². The normalized spacial score (nSPS) is 49.0. The molecule has 60 atom stereocenters. The smallest absolute Gasteiger partial charge is 0.217 e. The highest BCUT2D eigenvalue weighted by molar-refractivity contribution is 5.75. The number of aliphatic hydroxyl groups is 30. The Morgan fingerprint density at radius 1 is 0.188 bits per heavy atom. The fourth-order valence-corrected chi connectivity index (χ4v) is 19.4. The highest BCUT2D eigenvalue weighted by Crippen LogP contribution is 2.43. The van der Waals surface area contributed by atoms with E-state index < -0.39 is 470 Å². The van der Waals surface area contributed by atoms with Gasteiger partial charge in [0.25, 0.3) is 0 Å². The van der Waals surface area contributed by atoms with Crippen LogP contribution in [0, 0.1) is 0 Å². The van der Waals surface area contributed by atoms with Gasteiger partial charge in [-0.2, -0.15) is 0 Å². The summed E-state index contributed by atoms with van der Waals surface area (Å²) < 4.78 is 141. The number of nitrogens with one attached hydrogen (secondary N) is 6. The highest BCUT2D eigenvalue weighted by atomic mass is 16.8. The first-order valence-corrected chi connectivity index (χ1v) is 47.8. The van der Waals surface area contributed by atoms with Crippen LogP contribution in [0.3, 0.4) is 0 Å². The van der Waals surface area contributed by atoms with Crippen LogP contribution in [-0.2, 0) is 138 Å². The average Bonchev–Trinajstić information content (AvgIpc) is 0.675. The third-order valence-corrected chi connectivity index (χ3v) is 27.4. The molecule has 0 aliphatic carbocycles. The molecule has 0 spiro atoms. The molecule has 12 saturated heterocycles. The van der Waals surface area contributed by atoms with Crippen LogP contribution in [0.1, 0.15) is 55.4 Å². The molecule has 12 aliphatic rings. The summed E-state index contributed by atoms with van der Waals surface area (Å²) >= 11 is 0. The monoisotopic (exact) mass is 2180 g/mol. The first-order chi connectivity index (χ1) is 70.3. The quantitative estimate of drug-likeness (QED) is 0.0273. The van der Waals surface area contributed by atoms with Crippen molar-refractivity contribution >= 4 is 35.4 Å². The van der Waals surface area contributed by atoms with Crippen LogP contribution in [0.5, 0.6) is 0 Å². The molecule has 12 fully saturated rings. The average molecular weight is 2180 g/mol. The molecular formula is C84H140N6O59. The van der Waals surface area contributed by atoms with E-state index in [2.05, 4.69) is 31.9 Å². The van der Waals surface area contributed by atoms with E-state index in [-0.39, 0.29) is 0 Å². The van der Waals surface area contributed by atoms with Crippen molar-refractivity contribution in [2.75, 3.05) is 66.1 Å². The molecule has 0 radical (unpaired) electrons. The number of carbonyl (C=O) groups excluding carboxylic acids is 6. The summed E-state index contributed by atoms with van der Waals surface area (Å²) in [4.78, 5) is 78.7. The van der Waals surface area contributed by atoms with E-state index in [1.807, 2.05) is 0 Å². The number of amides is 6. The van der Waals surface area contributed by atoms with Crippen molar-refractivity contribution in [3.05, 3.63) is 0 Å². The first kappa shape index (κ1) is 122. The van der Waals surface area contributed by atoms with Crippen molar-refractivity contribution < 1.29 is 291 Å². The summed E-state index contributed by atoms with van der Waals surface area (Å²) in [5, 5.41) is 358. The first-order valence-electron chi connectivity index (χ1n) is 47.8. The van der Waals surface area contributed by atoms with Crippen molar-refractivity contribution in [2.45, 2.75) is 423 Å². The summed E-state index contributed by atoms with van der Waals surface area (Å²) in [5.41, 5.74) is 0. The van der Waals surface area contributed by atoms with E-state index in [0.717, 1.165) is 41.5 Å². The zero-order valence-electron chi connectivity index (χ0n) is 81.0. The van der Waals surface area contributed by atoms with Crippen molar-refractivity contribution in [3.8, 4) is 0 Å². The van der Waals surface area contributed by atoms with Gasteiger partial charge in [0.1, 0.15) is 280 Å². The van der Waals surface area contributed by atoms with Crippen LogP contribution >= 0.6 is 0 Å². The summed E-state index contributed by atoms with van der Waals surface area (Å²) in [6.07, 6.45) is -118. The van der Waals surface area contributed by atoms with Crippen LogP contribution < -0.4 is 31.9 Å². The Balaban J connectivity index is 0.976. The molecule has 65 heteroatoms. The molecule has 0 aromatic rings. The lowest BCUT2D eigenvalue weighted by Crippen LogP contribution is -2.72. The zero-order chi connectivity index (χ0) is 110. The van der Waals surface area contributed by atoms with Gasteiger partial charge in [-0.1, -0.05) is 0 Å². The molecule has 6 amide bonds. The van der Waals surface area contributed by atoms with Gasteiger partial charge in [0, 0.05) is 41.5 Å². The third kappa shape index (κ3) is 27.6. The number of carbonyl (C=O) groups is 6. The van der Waals surface area contributed by atoms with E-state index in [1.165, 1.54) is 13.8 Å². The van der Waals surface area contributed by atoms with E-state index >= 15 is 0 Å². The summed E-state index contributed by atoms with van der Waals surface area (Å²) in [6, 6.07) is -11.8. The zero-order valence-corrected chi connectivity index (χ0v) is 81.0. The topological polar surface area (TPSA) is 994 Å². The lowest BCUT2D eigenvalue weighted by molar-refractivity contribution is -0.409. The lowest BCUT2D eigenvalue weighted by Gasteiger charge is -2.53. The highest BCUT2D eigenvalue weighted by Gasteiger charge is 2.64. The van der Waals surface area contributed by atoms with Gasteiger partial charge in [-0.15, -0.1) is 0 Å². The third-order valence-electron chi connectivity index (χ3n) is 27.4. The molecule has 12 heterocycles. The molecule has 860 valence electrons. The molecule has 65 nitrogen and oxygen atoms in total. The van der Waals surface area contributed by atoms with E-state index in [1.54, 1.807) is 0 Å². The van der Waals surface area contributed by atoms with Crippen LogP contribution in [0.2, 0.25) is 0 Å². The molecule has 36 N–H and O–H groups in total. The Bertz CT molecular complexity index is 4230. The van der Waals surface area contributed by atoms with Gasteiger partial charge in [0.2, 0.25) is 35.4 Å². The van der Waals surface area contributed by atoms with E-state index in [9.17, 15) is 182 Å². The number of rotatable bonds is 38. The second kappa shape index (κ2) is 53.4. The minimum absolute atomic E-state index is 0.848. The lowest BCUT2D eigenvalue weighted by atomic mass is 9.93. The van der Waals surface area contributed by atoms with Crippen LogP contribution in [0.25, 0.3) is 0 Å². The standard InChI is InChI=1S/C84H140N6O59/c1-19-43(104)56(117)60(121)79(130-19)128-18-36-67(54(115)37(73(126)132-36)85-21(3)98)143-77-41(89-25(7)102)55(116)65(31(13-95)137-77)144-82-64(125)70(50(111)35(140-82)17-129-83-71(148-76-40(88-24(6)101)53(114)47(108)29(11-93)135-76)59(120)49(110)34(141-83)16-127-74-38(86-22(4)99)51(112)45(106)27(9-91)133-74)147-84-72(63(124)66(32(14-96)139-84)142-75-39(87-23(5)100)52(113)46(107)28(10-92)134-75)149-78-42(90-26(8)103)69(146-80-61(122)57(118)44(105)20(2)131-80)68(33(15-97)138-78)145-81-62(123)58(119)48(109)30(12-94)136-81/h19-20,27-84,91-97,104-126H,9-18H2,1-8H3,(H,85,98)(H,86,99)(H,87,100)(H,88,101)(H,89,102)(H,90,103)/t19-,20-,27+,28+,29+,30+,31+,32+,33+,34+,35+,36+,37+,38+,39+,40+,41+,42+,43+,44+,45+,46+,47+,48-,49+,50+,51+,52+,53+,54+,55+,56+,57+,58-,59-,60-,61-,62+,63-,64-,65+,66+,67+,68+,69+,70-,71-,72-,73?,74+,75-,76-,77-,78-,79+,80-,81-,82-,83-,84+/m0/s1. The van der Waals surface area contributed by atoms with E-state index in [4.69, 9.17) is 109 Å². The Morgan fingerprint density at radius 3 is 0.913 bits per heavy atom. The van der Waals surface area contributed by atoms with Gasteiger partial charge < -0.3 is 294 Å². The second-order valence-corrected chi connectivity index (χ2v) is 38.1. The minimum Gasteiger partial charge on any atom is -0.394 e. The summed E-state index contributed by atoms with van der Waals surface area (Å²) in [5.74, 6) is -5.87. The largest absolute Gasteiger partial charge is 0.394 e. The number of hydrogen-bond acceptors (Lipinski definition) is 59. The van der Waals surface area contributed by atoms with Crippen molar-refractivity contribution in [1.29, 1.82) is 0 Å². The molecule has 0 aromatic heterocycles. The Kier molecular flexibility index (Phi) is 43.8. The van der Waals surface area contributed by atoms with Gasteiger partial charge >= 0.3 is 0 Å². The predicted octanol–water partition coefficient (Wildman–Crippen LogP) is -24.2. The number of aliphatic hydroxyl groups excluding tert-OH is 30. The van der Waals surface area contributed by atoms with Gasteiger partial charge in [-0.25, -0.2) is 0 Å². The van der Waals surface area contributed by atoms with Gasteiger partial charge in [0.15, 0.2) is 75.5 Å². The van der Waals surface area contributed by atoms with Crippen LogP contribution in [-0.4, -0.2) is 623 Å². The fourth-order valence-electron chi connectivity index (χ4n) is 19.4. The molecule has 0 saturated carbocycles. The van der Waals surface area contributed by atoms with Gasteiger partial charge in [-0.05, 0) is 13.8 Å². The van der Waals surface area contributed by atoms with Crippen LogP contribution in [0.4, 0.5) is 0 Å². The van der Waals surface area contributed by atoms with Crippen LogP contribution in [0.15, 0.2) is 0 Å². The SMILES string of the molecule is CC(=O)N[C@H]1[C@H](O[C@H]2[C@H](O)[C@@H](NC(C)=O)C(O)O[C@@H]2CO[C@@H]2O[C@@H](C)[C@@H](O)[C@@H](O)[C@@H]2O)O[C@H](CO)[C@@H](O[C@@H]2O[C@H](CO[C@H]3O[C@H](CO[C@@H]4O[C@H](CO)[C@@H](O)[C@H](O)[C@H]4NC(C)=O)[C@@H](O)[C@H](O)[C@@H]3O[C@@H]3O[C@H](CO)[C@@H](O)[C@H](O)[C@H]3NC(C)=O)[C@@H](O)[C@H](O[C@H]3O[C@H](CO)[C@@H](O[C@@H]4O[C@H](CO)[C@@H](O)[C@H](O)[C@H]4NC(C)=O)[C@H](O)[C@@H]3O[C@@H]3O[C@H](CO)[C@@H](O[C@@H]4O[C@H](CO)[C@H](O)[C@H](O)[C@H]4O)[C@H](O[C@@H]4O[C@@H](C)[C@@H](O)[C@@H](O)[C@@H]4O)[C@H]3NC(C)=O)[C@@H]2O)[C@@H]1O. The maximum absolute atomic E-state index is 14.0. The number of ether oxygens (including phenoxy) is 23. The number of hydrogen-bond donors (Lipinski definition) is 36. The molecule has 12 aliphatic heterocycles. The summed E-state index contributed by atoms with van der Waals surface area (Å²) in [7, 11) is 0. The van der Waals surface area contributed by atoms with Crippen molar-refractivity contribution in [1.82, 2.24) is 31.9 Å². The Morgan fingerprint density at radius 2 is 0.450 bits per heavy atom. The van der Waals surface area contributed by atoms with Crippen molar-refractivity contribution in [2.24, 2.45) is 0 Å². The molecule has 149 heavy (non-hydrogen) atoms. The summed E-state index contributed by atoms with van der Waals surface area (Å²) in [6.45, 7) is -3.92. The second-order valence-electron chi connectivity index (χ2n) is 38.1. The minimum atomic E-state index is -2.84. The molecule has 0 bridgehead atoms. The molecule has 0 aromatic carbocycles. The Hall–Kier alpha value is -5.30. The molecular weight excluding hydrogens is 2040 g/mol.